The molecular weight excluding hydrogens is 304 g/mol. The zero-order valence-corrected chi connectivity index (χ0v) is 14.2. The summed E-state index contributed by atoms with van der Waals surface area (Å²) >= 11 is 0. The second-order valence-electron chi connectivity index (χ2n) is 6.56. The molecule has 0 heterocycles. The predicted molar refractivity (Wildman–Crippen MR) is 103 cm³/mol. The molecule has 0 fully saturated rings. The summed E-state index contributed by atoms with van der Waals surface area (Å²) in [6, 6.07) is 30.8. The number of hydrogen-bond acceptors (Lipinski definition) is 1. The molecule has 1 aliphatic carbocycles. The molecule has 0 aromatic heterocycles. The largest absolute Gasteiger partial charge is 0.294 e. The maximum absolute atomic E-state index is 13.2. The van der Waals surface area contributed by atoms with Gasteiger partial charge in [0, 0.05) is 17.4 Å². The van der Waals surface area contributed by atoms with Gasteiger partial charge in [0.25, 0.3) is 0 Å². The third kappa shape index (κ3) is 2.72. The first-order valence-electron chi connectivity index (χ1n) is 8.71. The van der Waals surface area contributed by atoms with Gasteiger partial charge < -0.3 is 0 Å². The standard InChI is InChI=1S/C24H20O/c1-17-21(18-11-5-2-6-12-18)22(19-13-7-3-8-14-19)23(24(17)25)20-15-9-4-10-16-20/h2-17,21H,1H3/t17?,21-/m0/s1. The molecule has 0 aliphatic heterocycles. The first kappa shape index (κ1) is 15.6. The minimum Gasteiger partial charge on any atom is -0.294 e. The van der Waals surface area contributed by atoms with E-state index in [4.69, 9.17) is 0 Å². The number of benzene rings is 3. The van der Waals surface area contributed by atoms with Crippen molar-refractivity contribution in [2.24, 2.45) is 5.92 Å². The van der Waals surface area contributed by atoms with Crippen LogP contribution in [0.25, 0.3) is 11.1 Å². The quantitative estimate of drug-likeness (QED) is 0.613. The van der Waals surface area contributed by atoms with E-state index in [1.807, 2.05) is 54.6 Å². The number of carbonyl (C=O) groups is 1. The molecule has 0 saturated carbocycles. The summed E-state index contributed by atoms with van der Waals surface area (Å²) in [7, 11) is 0. The van der Waals surface area contributed by atoms with Gasteiger partial charge in [0.05, 0.1) is 0 Å². The fourth-order valence-electron chi connectivity index (χ4n) is 3.88. The highest BCUT2D eigenvalue weighted by atomic mass is 16.1. The molecule has 0 amide bonds. The molecule has 0 radical (unpaired) electrons. The number of rotatable bonds is 3. The Balaban J connectivity index is 1.99. The average molecular weight is 324 g/mol. The SMILES string of the molecule is CC1C(=O)C(c2ccccc2)=C(c2ccccc2)[C@@H]1c1ccccc1. The van der Waals surface area contributed by atoms with Gasteiger partial charge in [0.2, 0.25) is 0 Å². The molecule has 1 aliphatic rings. The lowest BCUT2D eigenvalue weighted by atomic mass is 9.83. The summed E-state index contributed by atoms with van der Waals surface area (Å²) in [5.74, 6) is 0.262. The van der Waals surface area contributed by atoms with Crippen LogP contribution in [0.15, 0.2) is 91.0 Å². The van der Waals surface area contributed by atoms with E-state index in [1.54, 1.807) is 0 Å². The van der Waals surface area contributed by atoms with Gasteiger partial charge in [0.1, 0.15) is 0 Å². The van der Waals surface area contributed by atoms with Crippen LogP contribution in [0.5, 0.6) is 0 Å². The Bertz CT molecular complexity index is 908. The van der Waals surface area contributed by atoms with Gasteiger partial charge in [-0.3, -0.25) is 4.79 Å². The molecule has 0 spiro atoms. The number of hydrogen-bond donors (Lipinski definition) is 0. The molecule has 0 saturated heterocycles. The van der Waals surface area contributed by atoms with Crippen LogP contribution < -0.4 is 0 Å². The summed E-state index contributed by atoms with van der Waals surface area (Å²) in [6.45, 7) is 2.05. The van der Waals surface area contributed by atoms with Crippen LogP contribution in [-0.2, 0) is 4.79 Å². The van der Waals surface area contributed by atoms with Crippen LogP contribution in [-0.4, -0.2) is 5.78 Å². The fraction of sp³-hybridized carbons (Fsp3) is 0.125. The molecule has 1 heteroatoms. The second-order valence-corrected chi connectivity index (χ2v) is 6.56. The topological polar surface area (TPSA) is 17.1 Å². The number of Topliss-reactive ketones (excluding diaryl/α,β-unsaturated/α-hetero) is 1. The normalized spacial score (nSPS) is 20.1. The van der Waals surface area contributed by atoms with Crippen molar-refractivity contribution in [3.8, 4) is 0 Å². The highest BCUT2D eigenvalue weighted by Gasteiger charge is 2.40. The maximum atomic E-state index is 13.2. The van der Waals surface area contributed by atoms with E-state index in [0.29, 0.717) is 0 Å². The molecule has 0 bridgehead atoms. The summed E-state index contributed by atoms with van der Waals surface area (Å²) in [4.78, 5) is 13.2. The maximum Gasteiger partial charge on any atom is 0.167 e. The van der Waals surface area contributed by atoms with E-state index < -0.39 is 0 Å². The van der Waals surface area contributed by atoms with Gasteiger partial charge in [-0.25, -0.2) is 0 Å². The number of allylic oxidation sites excluding steroid dienone is 2. The summed E-state index contributed by atoms with van der Waals surface area (Å²) < 4.78 is 0. The predicted octanol–water partition coefficient (Wildman–Crippen LogP) is 5.60. The molecular formula is C24H20O. The van der Waals surface area contributed by atoms with E-state index in [2.05, 4.69) is 43.3 Å². The molecule has 3 aromatic rings. The Hall–Kier alpha value is -2.93. The van der Waals surface area contributed by atoms with Gasteiger partial charge in [-0.2, -0.15) is 0 Å². The lowest BCUT2D eigenvalue weighted by molar-refractivity contribution is -0.116. The van der Waals surface area contributed by atoms with Crippen molar-refractivity contribution < 1.29 is 4.79 Å². The van der Waals surface area contributed by atoms with Gasteiger partial charge in [-0.05, 0) is 22.3 Å². The Kier molecular flexibility index (Phi) is 4.07. The van der Waals surface area contributed by atoms with E-state index in [9.17, 15) is 4.79 Å². The first-order chi connectivity index (χ1) is 12.3. The lowest BCUT2D eigenvalue weighted by Crippen LogP contribution is -2.12. The Labute approximate surface area is 148 Å². The molecule has 3 aromatic carbocycles. The Morgan fingerprint density at radius 3 is 1.68 bits per heavy atom. The summed E-state index contributed by atoms with van der Waals surface area (Å²) in [5.41, 5.74) is 5.36. The van der Waals surface area contributed by atoms with Crippen molar-refractivity contribution in [2.45, 2.75) is 12.8 Å². The number of ketones is 1. The van der Waals surface area contributed by atoms with Crippen LogP contribution in [0.1, 0.15) is 29.5 Å². The van der Waals surface area contributed by atoms with Crippen molar-refractivity contribution in [2.75, 3.05) is 0 Å². The van der Waals surface area contributed by atoms with Crippen molar-refractivity contribution in [1.82, 2.24) is 0 Å². The highest BCUT2D eigenvalue weighted by Crippen LogP contribution is 2.49. The van der Waals surface area contributed by atoms with Crippen LogP contribution in [0, 0.1) is 5.92 Å². The van der Waals surface area contributed by atoms with Gasteiger partial charge in [-0.1, -0.05) is 97.9 Å². The minimum atomic E-state index is -0.0622. The van der Waals surface area contributed by atoms with Crippen molar-refractivity contribution in [3.63, 3.8) is 0 Å². The molecule has 122 valence electrons. The average Bonchev–Trinajstić information content (AvgIpc) is 2.95. The molecule has 0 N–H and O–H groups in total. The van der Waals surface area contributed by atoms with Crippen LogP contribution in [0.3, 0.4) is 0 Å². The van der Waals surface area contributed by atoms with Crippen molar-refractivity contribution in [3.05, 3.63) is 108 Å². The third-order valence-electron chi connectivity index (χ3n) is 5.05. The molecule has 4 rings (SSSR count). The number of carbonyl (C=O) groups excluding carboxylic acids is 1. The Morgan fingerprint density at radius 2 is 1.12 bits per heavy atom. The van der Waals surface area contributed by atoms with Crippen LogP contribution >= 0.6 is 0 Å². The molecule has 1 nitrogen and oxygen atoms in total. The fourth-order valence-corrected chi connectivity index (χ4v) is 3.88. The second kappa shape index (κ2) is 6.52. The van der Waals surface area contributed by atoms with Gasteiger partial charge >= 0.3 is 0 Å². The summed E-state index contributed by atoms with van der Waals surface area (Å²) in [5, 5.41) is 0. The van der Waals surface area contributed by atoms with E-state index >= 15 is 0 Å². The van der Waals surface area contributed by atoms with Gasteiger partial charge in [0.15, 0.2) is 5.78 Å². The summed E-state index contributed by atoms with van der Waals surface area (Å²) in [6.07, 6.45) is 0. The zero-order valence-electron chi connectivity index (χ0n) is 14.2. The van der Waals surface area contributed by atoms with E-state index in [-0.39, 0.29) is 17.6 Å². The van der Waals surface area contributed by atoms with Crippen LogP contribution in [0.2, 0.25) is 0 Å². The van der Waals surface area contributed by atoms with Crippen molar-refractivity contribution >= 4 is 16.9 Å². The molecule has 25 heavy (non-hydrogen) atoms. The molecule has 2 atom stereocenters. The van der Waals surface area contributed by atoms with E-state index in [1.165, 1.54) is 5.56 Å². The van der Waals surface area contributed by atoms with Crippen LogP contribution in [0.4, 0.5) is 0 Å². The van der Waals surface area contributed by atoms with E-state index in [0.717, 1.165) is 22.3 Å². The monoisotopic (exact) mass is 324 g/mol. The van der Waals surface area contributed by atoms with Crippen molar-refractivity contribution in [1.29, 1.82) is 0 Å². The lowest BCUT2D eigenvalue weighted by Gasteiger charge is -2.20. The highest BCUT2D eigenvalue weighted by molar-refractivity contribution is 6.33. The molecule has 1 unspecified atom stereocenters. The zero-order chi connectivity index (χ0) is 17.2. The first-order valence-corrected chi connectivity index (χ1v) is 8.71. The Morgan fingerprint density at radius 1 is 0.640 bits per heavy atom. The minimum absolute atomic E-state index is 0.0622. The smallest absolute Gasteiger partial charge is 0.167 e. The van der Waals surface area contributed by atoms with Gasteiger partial charge in [-0.15, -0.1) is 0 Å². The third-order valence-corrected chi connectivity index (χ3v) is 5.05.